The number of rotatable bonds is 2. The van der Waals surface area contributed by atoms with Gasteiger partial charge in [-0.3, -0.25) is 4.79 Å². The van der Waals surface area contributed by atoms with Gasteiger partial charge < -0.3 is 0 Å². The van der Waals surface area contributed by atoms with Crippen molar-refractivity contribution in [3.8, 4) is 0 Å². The summed E-state index contributed by atoms with van der Waals surface area (Å²) in [5, 5.41) is 2.36. The van der Waals surface area contributed by atoms with Crippen LogP contribution in [0.4, 0.5) is 0 Å². The minimum atomic E-state index is 0.00750. The van der Waals surface area contributed by atoms with Gasteiger partial charge in [-0.05, 0) is 23.9 Å². The average Bonchev–Trinajstić information content (AvgIpc) is 2.64. The first-order valence-corrected chi connectivity index (χ1v) is 5.79. The van der Waals surface area contributed by atoms with E-state index in [1.807, 2.05) is 36.6 Å². The van der Waals surface area contributed by atoms with E-state index in [1.54, 1.807) is 6.07 Å². The molecule has 2 aromatic rings. The molecule has 15 heavy (non-hydrogen) atoms. The lowest BCUT2D eigenvalue weighted by atomic mass is 10.0. The Morgan fingerprint density at radius 1 is 1.27 bits per heavy atom. The van der Waals surface area contributed by atoms with Gasteiger partial charge in [0.25, 0.3) is 0 Å². The normalized spacial score (nSPS) is 10.3. The molecule has 0 saturated carbocycles. The van der Waals surface area contributed by atoms with Gasteiger partial charge in [-0.2, -0.15) is 0 Å². The Bertz CT molecular complexity index is 502. The maximum atomic E-state index is 12.1. The summed E-state index contributed by atoms with van der Waals surface area (Å²) in [5.41, 5.74) is 1.70. The molecule has 0 atom stereocenters. The number of thiophene rings is 1. The second-order valence-electron chi connectivity index (χ2n) is 3.24. The van der Waals surface area contributed by atoms with E-state index in [2.05, 4.69) is 0 Å². The monoisotopic (exact) mass is 236 g/mol. The number of carbonyl (C=O) groups excluding carboxylic acids is 1. The van der Waals surface area contributed by atoms with Gasteiger partial charge in [-0.15, -0.1) is 11.3 Å². The number of benzene rings is 1. The second-order valence-corrected chi connectivity index (χ2v) is 4.57. The van der Waals surface area contributed by atoms with Gasteiger partial charge in [-0.25, -0.2) is 0 Å². The summed E-state index contributed by atoms with van der Waals surface area (Å²) in [6.07, 6.45) is 0. The lowest BCUT2D eigenvalue weighted by Gasteiger charge is -2.02. The minimum absolute atomic E-state index is 0.00750. The Balaban J connectivity index is 2.46. The highest BCUT2D eigenvalue weighted by Gasteiger charge is 2.15. The van der Waals surface area contributed by atoms with E-state index in [0.29, 0.717) is 9.90 Å². The molecule has 0 saturated heterocycles. The van der Waals surface area contributed by atoms with E-state index < -0.39 is 0 Å². The van der Waals surface area contributed by atoms with Gasteiger partial charge in [0.05, 0.1) is 9.90 Å². The van der Waals surface area contributed by atoms with Crippen LogP contribution < -0.4 is 0 Å². The predicted octanol–water partition coefficient (Wildman–Crippen LogP) is 3.94. The average molecular weight is 237 g/mol. The SMILES string of the molecule is Cc1ccccc1C(=O)c1sccc1Cl. The van der Waals surface area contributed by atoms with E-state index >= 15 is 0 Å². The second kappa shape index (κ2) is 4.17. The number of aryl methyl sites for hydroxylation is 1. The molecule has 1 aromatic heterocycles. The zero-order chi connectivity index (χ0) is 10.8. The summed E-state index contributed by atoms with van der Waals surface area (Å²) in [5.74, 6) is 0.00750. The molecule has 0 N–H and O–H groups in total. The van der Waals surface area contributed by atoms with E-state index in [0.717, 1.165) is 11.1 Å². The summed E-state index contributed by atoms with van der Waals surface area (Å²) in [7, 11) is 0. The van der Waals surface area contributed by atoms with Gasteiger partial charge in [0, 0.05) is 5.56 Å². The molecule has 0 fully saturated rings. The first kappa shape index (κ1) is 10.4. The lowest BCUT2D eigenvalue weighted by molar-refractivity contribution is 0.104. The third-order valence-corrected chi connectivity index (χ3v) is 3.55. The van der Waals surface area contributed by atoms with Crippen LogP contribution in [0.2, 0.25) is 5.02 Å². The van der Waals surface area contributed by atoms with Crippen LogP contribution in [-0.2, 0) is 0 Å². The van der Waals surface area contributed by atoms with Gasteiger partial charge in [-0.1, -0.05) is 35.9 Å². The molecule has 0 unspecified atom stereocenters. The van der Waals surface area contributed by atoms with Crippen molar-refractivity contribution in [2.75, 3.05) is 0 Å². The Hall–Kier alpha value is -1.12. The fourth-order valence-electron chi connectivity index (χ4n) is 1.41. The van der Waals surface area contributed by atoms with E-state index in [4.69, 9.17) is 11.6 Å². The summed E-state index contributed by atoms with van der Waals surface area (Å²) in [6.45, 7) is 1.93. The maximum absolute atomic E-state index is 12.1. The number of hydrogen-bond acceptors (Lipinski definition) is 2. The molecule has 0 bridgehead atoms. The summed E-state index contributed by atoms with van der Waals surface area (Å²) >= 11 is 7.31. The molecular weight excluding hydrogens is 228 g/mol. The summed E-state index contributed by atoms with van der Waals surface area (Å²) < 4.78 is 0. The molecule has 1 heterocycles. The maximum Gasteiger partial charge on any atom is 0.204 e. The lowest BCUT2D eigenvalue weighted by Crippen LogP contribution is -2.01. The van der Waals surface area contributed by atoms with Crippen LogP contribution in [0.25, 0.3) is 0 Å². The third-order valence-electron chi connectivity index (χ3n) is 2.21. The minimum Gasteiger partial charge on any atom is -0.288 e. The van der Waals surface area contributed by atoms with Crippen molar-refractivity contribution in [1.82, 2.24) is 0 Å². The van der Waals surface area contributed by atoms with Crippen molar-refractivity contribution in [2.24, 2.45) is 0 Å². The Kier molecular flexibility index (Phi) is 2.89. The van der Waals surface area contributed by atoms with Crippen LogP contribution in [0, 0.1) is 6.92 Å². The largest absolute Gasteiger partial charge is 0.288 e. The van der Waals surface area contributed by atoms with Crippen molar-refractivity contribution in [1.29, 1.82) is 0 Å². The van der Waals surface area contributed by atoms with Crippen LogP contribution >= 0.6 is 22.9 Å². The number of halogens is 1. The van der Waals surface area contributed by atoms with Gasteiger partial charge >= 0.3 is 0 Å². The zero-order valence-corrected chi connectivity index (χ0v) is 9.73. The third kappa shape index (κ3) is 1.96. The van der Waals surface area contributed by atoms with Crippen molar-refractivity contribution in [3.05, 3.63) is 56.7 Å². The van der Waals surface area contributed by atoms with Crippen molar-refractivity contribution >= 4 is 28.7 Å². The molecule has 2 rings (SSSR count). The predicted molar refractivity (Wildman–Crippen MR) is 63.9 cm³/mol. The molecule has 1 nitrogen and oxygen atoms in total. The van der Waals surface area contributed by atoms with E-state index in [9.17, 15) is 4.79 Å². The summed E-state index contributed by atoms with van der Waals surface area (Å²) in [4.78, 5) is 12.7. The van der Waals surface area contributed by atoms with Gasteiger partial charge in [0.2, 0.25) is 5.78 Å². The van der Waals surface area contributed by atoms with Gasteiger partial charge in [0.15, 0.2) is 0 Å². The first-order chi connectivity index (χ1) is 7.20. The molecule has 0 aliphatic heterocycles. The zero-order valence-electron chi connectivity index (χ0n) is 8.16. The Morgan fingerprint density at radius 3 is 2.60 bits per heavy atom. The highest BCUT2D eigenvalue weighted by atomic mass is 35.5. The molecule has 0 amide bonds. The highest BCUT2D eigenvalue weighted by Crippen LogP contribution is 2.25. The number of carbonyl (C=O) groups is 1. The van der Waals surface area contributed by atoms with E-state index in [1.165, 1.54) is 11.3 Å². The molecule has 0 aliphatic rings. The fraction of sp³-hybridized carbons (Fsp3) is 0.0833. The van der Waals surface area contributed by atoms with Crippen LogP contribution in [-0.4, -0.2) is 5.78 Å². The Morgan fingerprint density at radius 2 is 2.00 bits per heavy atom. The molecule has 1 aromatic carbocycles. The van der Waals surface area contributed by atoms with Crippen LogP contribution in [0.3, 0.4) is 0 Å². The molecule has 0 radical (unpaired) electrons. The first-order valence-electron chi connectivity index (χ1n) is 4.53. The topological polar surface area (TPSA) is 17.1 Å². The van der Waals surface area contributed by atoms with E-state index in [-0.39, 0.29) is 5.78 Å². The molecule has 76 valence electrons. The number of hydrogen-bond donors (Lipinski definition) is 0. The van der Waals surface area contributed by atoms with Crippen molar-refractivity contribution in [3.63, 3.8) is 0 Å². The van der Waals surface area contributed by atoms with Gasteiger partial charge in [0.1, 0.15) is 0 Å². The smallest absolute Gasteiger partial charge is 0.204 e. The molecule has 0 spiro atoms. The van der Waals surface area contributed by atoms with Crippen LogP contribution in [0.1, 0.15) is 20.8 Å². The number of ketones is 1. The standard InChI is InChI=1S/C12H9ClOS/c1-8-4-2-3-5-9(8)11(14)12-10(13)6-7-15-12/h2-7H,1H3. The fourth-order valence-corrected chi connectivity index (χ4v) is 2.50. The van der Waals surface area contributed by atoms with Crippen LogP contribution in [0.15, 0.2) is 35.7 Å². The molecule has 0 aliphatic carbocycles. The Labute approximate surface area is 97.3 Å². The van der Waals surface area contributed by atoms with Crippen LogP contribution in [0.5, 0.6) is 0 Å². The highest BCUT2D eigenvalue weighted by molar-refractivity contribution is 7.13. The van der Waals surface area contributed by atoms with Crippen molar-refractivity contribution < 1.29 is 4.79 Å². The molecule has 3 heteroatoms. The summed E-state index contributed by atoms with van der Waals surface area (Å²) in [6, 6.07) is 9.28. The quantitative estimate of drug-likeness (QED) is 0.722. The van der Waals surface area contributed by atoms with Crippen molar-refractivity contribution in [2.45, 2.75) is 6.92 Å². The molecular formula is C12H9ClOS.